The summed E-state index contributed by atoms with van der Waals surface area (Å²) in [5.41, 5.74) is 0. The molecule has 0 radical (unpaired) electrons. The molecule has 1 aliphatic rings. The first-order valence-corrected chi connectivity index (χ1v) is 6.06. The van der Waals surface area contributed by atoms with Crippen LogP contribution in [-0.4, -0.2) is 23.8 Å². The third kappa shape index (κ3) is 2.96. The van der Waals surface area contributed by atoms with Crippen molar-refractivity contribution < 1.29 is 5.11 Å². The lowest BCUT2D eigenvalue weighted by atomic mass is 9.78. The van der Waals surface area contributed by atoms with E-state index in [2.05, 4.69) is 26.1 Å². The first-order valence-electron chi connectivity index (χ1n) is 6.06. The lowest BCUT2D eigenvalue weighted by molar-refractivity contribution is 0.162. The number of hydrogen-bond acceptors (Lipinski definition) is 2. The van der Waals surface area contributed by atoms with Gasteiger partial charge in [-0.1, -0.05) is 33.6 Å². The molecule has 4 unspecified atom stereocenters. The Morgan fingerprint density at radius 2 is 2.07 bits per heavy atom. The molecule has 1 saturated carbocycles. The molecule has 84 valence electrons. The molecule has 1 fully saturated rings. The lowest BCUT2D eigenvalue weighted by Gasteiger charge is -2.36. The van der Waals surface area contributed by atoms with E-state index in [4.69, 9.17) is 5.11 Å². The summed E-state index contributed by atoms with van der Waals surface area (Å²) in [6.07, 6.45) is 5.01. The number of hydrogen-bond donors (Lipinski definition) is 2. The molecule has 2 heteroatoms. The lowest BCUT2D eigenvalue weighted by Crippen LogP contribution is -2.46. The van der Waals surface area contributed by atoms with Gasteiger partial charge >= 0.3 is 0 Å². The molecule has 0 amide bonds. The van der Waals surface area contributed by atoms with Crippen LogP contribution in [-0.2, 0) is 0 Å². The van der Waals surface area contributed by atoms with Crippen molar-refractivity contribution in [2.24, 2.45) is 11.8 Å². The summed E-state index contributed by atoms with van der Waals surface area (Å²) >= 11 is 0. The second kappa shape index (κ2) is 5.72. The third-order valence-corrected chi connectivity index (χ3v) is 3.87. The van der Waals surface area contributed by atoms with Crippen LogP contribution in [0.2, 0.25) is 0 Å². The summed E-state index contributed by atoms with van der Waals surface area (Å²) in [5, 5.41) is 12.7. The van der Waals surface area contributed by atoms with Crippen molar-refractivity contribution in [3.63, 3.8) is 0 Å². The number of nitrogens with one attached hydrogen (secondary N) is 1. The quantitative estimate of drug-likeness (QED) is 0.727. The zero-order valence-corrected chi connectivity index (χ0v) is 9.79. The molecule has 0 heterocycles. The van der Waals surface area contributed by atoms with Crippen molar-refractivity contribution in [3.05, 3.63) is 0 Å². The fourth-order valence-electron chi connectivity index (χ4n) is 2.42. The van der Waals surface area contributed by atoms with Gasteiger partial charge in [-0.15, -0.1) is 0 Å². The molecule has 0 aromatic carbocycles. The molecule has 2 N–H and O–H groups in total. The van der Waals surface area contributed by atoms with E-state index in [9.17, 15) is 0 Å². The van der Waals surface area contributed by atoms with Crippen molar-refractivity contribution in [2.75, 3.05) is 6.61 Å². The molecule has 0 aliphatic heterocycles. The predicted octanol–water partition coefficient (Wildman–Crippen LogP) is 2.17. The highest BCUT2D eigenvalue weighted by molar-refractivity contribution is 4.84. The van der Waals surface area contributed by atoms with Crippen LogP contribution in [0.25, 0.3) is 0 Å². The molecule has 0 bridgehead atoms. The molecule has 0 spiro atoms. The summed E-state index contributed by atoms with van der Waals surface area (Å²) in [6, 6.07) is 0.920. The van der Waals surface area contributed by atoms with E-state index < -0.39 is 0 Å². The highest BCUT2D eigenvalue weighted by Crippen LogP contribution is 2.29. The molecule has 0 aromatic heterocycles. The van der Waals surface area contributed by atoms with Crippen molar-refractivity contribution in [2.45, 2.75) is 58.5 Å². The average molecular weight is 199 g/mol. The highest BCUT2D eigenvalue weighted by atomic mass is 16.3. The second-order valence-electron chi connectivity index (χ2n) is 4.83. The Labute approximate surface area is 88.1 Å². The molecule has 1 rings (SSSR count). The fourth-order valence-corrected chi connectivity index (χ4v) is 2.42. The van der Waals surface area contributed by atoms with Gasteiger partial charge in [0.1, 0.15) is 0 Å². The Balaban J connectivity index is 2.41. The standard InChI is InChI=1S/C12H25NO/c1-4-11(8-14)13-12-7-5-6-9(2)10(12)3/h9-14H,4-8H2,1-3H3. The van der Waals surface area contributed by atoms with Crippen molar-refractivity contribution in [1.82, 2.24) is 5.32 Å². The molecular weight excluding hydrogens is 174 g/mol. The van der Waals surface area contributed by atoms with E-state index in [1.54, 1.807) is 0 Å². The third-order valence-electron chi connectivity index (χ3n) is 3.87. The van der Waals surface area contributed by atoms with Crippen LogP contribution in [0.1, 0.15) is 46.5 Å². The van der Waals surface area contributed by atoms with E-state index in [0.717, 1.165) is 18.3 Å². The minimum absolute atomic E-state index is 0.272. The maximum absolute atomic E-state index is 9.15. The van der Waals surface area contributed by atoms with Gasteiger partial charge < -0.3 is 10.4 Å². The van der Waals surface area contributed by atoms with E-state index in [0.29, 0.717) is 12.1 Å². The summed E-state index contributed by atoms with van der Waals surface area (Å²) in [6.45, 7) is 7.09. The summed E-state index contributed by atoms with van der Waals surface area (Å²) in [5.74, 6) is 1.58. The summed E-state index contributed by atoms with van der Waals surface area (Å²) in [7, 11) is 0. The van der Waals surface area contributed by atoms with Crippen molar-refractivity contribution >= 4 is 0 Å². The predicted molar refractivity (Wildman–Crippen MR) is 60.3 cm³/mol. The molecule has 2 nitrogen and oxygen atoms in total. The first-order chi connectivity index (χ1) is 6.69. The van der Waals surface area contributed by atoms with Crippen LogP contribution in [0.15, 0.2) is 0 Å². The maximum atomic E-state index is 9.15. The van der Waals surface area contributed by atoms with Crippen LogP contribution in [0, 0.1) is 11.8 Å². The van der Waals surface area contributed by atoms with Gasteiger partial charge in [-0.3, -0.25) is 0 Å². The molecule has 14 heavy (non-hydrogen) atoms. The highest BCUT2D eigenvalue weighted by Gasteiger charge is 2.27. The normalized spacial score (nSPS) is 35.6. The van der Waals surface area contributed by atoms with Gasteiger partial charge in [-0.25, -0.2) is 0 Å². The van der Waals surface area contributed by atoms with Gasteiger partial charge in [0.15, 0.2) is 0 Å². The van der Waals surface area contributed by atoms with Gasteiger partial charge in [-0.05, 0) is 24.7 Å². The average Bonchev–Trinajstić information content (AvgIpc) is 2.20. The van der Waals surface area contributed by atoms with Crippen LogP contribution in [0.3, 0.4) is 0 Å². The molecule has 0 aromatic rings. The fraction of sp³-hybridized carbons (Fsp3) is 1.00. The Bertz CT molecular complexity index is 156. The van der Waals surface area contributed by atoms with Gasteiger partial charge in [0, 0.05) is 12.1 Å². The molecule has 0 saturated heterocycles. The molecule has 1 aliphatic carbocycles. The van der Waals surface area contributed by atoms with Crippen LogP contribution in [0.4, 0.5) is 0 Å². The first kappa shape index (κ1) is 12.0. The van der Waals surface area contributed by atoms with Gasteiger partial charge in [0.25, 0.3) is 0 Å². The van der Waals surface area contributed by atoms with Gasteiger partial charge in [0.2, 0.25) is 0 Å². The number of aliphatic hydroxyl groups excluding tert-OH is 1. The van der Waals surface area contributed by atoms with Crippen molar-refractivity contribution in [1.29, 1.82) is 0 Å². The minimum atomic E-state index is 0.272. The van der Waals surface area contributed by atoms with Crippen molar-refractivity contribution in [3.8, 4) is 0 Å². The van der Waals surface area contributed by atoms with Crippen LogP contribution in [0.5, 0.6) is 0 Å². The van der Waals surface area contributed by atoms with Gasteiger partial charge in [0.05, 0.1) is 6.61 Å². The Kier molecular flexibility index (Phi) is 4.90. The van der Waals surface area contributed by atoms with E-state index in [-0.39, 0.29) is 6.61 Å². The second-order valence-corrected chi connectivity index (χ2v) is 4.83. The minimum Gasteiger partial charge on any atom is -0.395 e. The molecule has 4 atom stereocenters. The Morgan fingerprint density at radius 3 is 2.64 bits per heavy atom. The van der Waals surface area contributed by atoms with Crippen LogP contribution >= 0.6 is 0 Å². The summed E-state index contributed by atoms with van der Waals surface area (Å²) < 4.78 is 0. The zero-order chi connectivity index (χ0) is 10.6. The van der Waals surface area contributed by atoms with Gasteiger partial charge in [-0.2, -0.15) is 0 Å². The van der Waals surface area contributed by atoms with Crippen LogP contribution < -0.4 is 5.32 Å². The monoisotopic (exact) mass is 199 g/mol. The van der Waals surface area contributed by atoms with E-state index in [1.165, 1.54) is 19.3 Å². The number of aliphatic hydroxyl groups is 1. The molecular formula is C12H25NO. The number of rotatable bonds is 4. The zero-order valence-electron chi connectivity index (χ0n) is 9.79. The van der Waals surface area contributed by atoms with E-state index >= 15 is 0 Å². The Hall–Kier alpha value is -0.0800. The van der Waals surface area contributed by atoms with E-state index in [1.807, 2.05) is 0 Å². The SMILES string of the molecule is CCC(CO)NC1CCCC(C)C1C. The topological polar surface area (TPSA) is 32.3 Å². The largest absolute Gasteiger partial charge is 0.395 e. The smallest absolute Gasteiger partial charge is 0.0584 e. The maximum Gasteiger partial charge on any atom is 0.0584 e. The summed E-state index contributed by atoms with van der Waals surface area (Å²) in [4.78, 5) is 0. The Morgan fingerprint density at radius 1 is 1.36 bits per heavy atom.